The van der Waals surface area contributed by atoms with Crippen LogP contribution in [0.15, 0.2) is 42.6 Å². The molecule has 0 saturated carbocycles. The van der Waals surface area contributed by atoms with Gasteiger partial charge in [0, 0.05) is 17.5 Å². The van der Waals surface area contributed by atoms with Gasteiger partial charge in [-0.1, -0.05) is 0 Å². The number of H-pyrrole nitrogens is 1. The average Bonchev–Trinajstić information content (AvgIpc) is 3.04. The third-order valence-electron chi connectivity index (χ3n) is 3.33. The Kier molecular flexibility index (Phi) is 3.65. The van der Waals surface area contributed by atoms with Crippen molar-refractivity contribution in [3.63, 3.8) is 0 Å². The maximum absolute atomic E-state index is 5.62. The van der Waals surface area contributed by atoms with Crippen molar-refractivity contribution in [3.05, 3.63) is 42.6 Å². The maximum atomic E-state index is 5.62. The zero-order chi connectivity index (χ0) is 15.5. The number of nitrogens with one attached hydrogen (secondary N) is 1. The average molecular weight is 296 g/mol. The van der Waals surface area contributed by atoms with Gasteiger partial charge in [0.05, 0.1) is 25.6 Å². The summed E-state index contributed by atoms with van der Waals surface area (Å²) in [5, 5.41) is 0. The monoisotopic (exact) mass is 296 g/mol. The standard InChI is InChI=1S/C16H16N4O2/c1-21-14-6-3-10(9-15(14)22-2)11-4-5-12(19-11)13-7-8-18-16(17)20-13/h3-9,19H,1-2H3,(H2,17,18,20). The van der Waals surface area contributed by atoms with Gasteiger partial charge < -0.3 is 20.2 Å². The van der Waals surface area contributed by atoms with E-state index in [1.807, 2.05) is 30.3 Å². The summed E-state index contributed by atoms with van der Waals surface area (Å²) in [5.41, 5.74) is 9.18. The van der Waals surface area contributed by atoms with Crippen molar-refractivity contribution in [2.75, 3.05) is 20.0 Å². The fourth-order valence-corrected chi connectivity index (χ4v) is 2.24. The maximum Gasteiger partial charge on any atom is 0.220 e. The molecule has 3 aromatic rings. The van der Waals surface area contributed by atoms with Gasteiger partial charge in [-0.05, 0) is 36.4 Å². The molecule has 0 spiro atoms. The number of anilines is 1. The Bertz CT molecular complexity index is 798. The fraction of sp³-hybridized carbons (Fsp3) is 0.125. The molecule has 0 atom stereocenters. The van der Waals surface area contributed by atoms with Crippen LogP contribution in [0.2, 0.25) is 0 Å². The molecule has 6 nitrogen and oxygen atoms in total. The summed E-state index contributed by atoms with van der Waals surface area (Å²) >= 11 is 0. The summed E-state index contributed by atoms with van der Waals surface area (Å²) < 4.78 is 10.6. The molecular formula is C16H16N4O2. The van der Waals surface area contributed by atoms with Crippen molar-refractivity contribution in [1.82, 2.24) is 15.0 Å². The molecule has 3 rings (SSSR count). The lowest BCUT2D eigenvalue weighted by atomic mass is 10.1. The van der Waals surface area contributed by atoms with E-state index in [1.165, 1.54) is 0 Å². The first-order valence-electron chi connectivity index (χ1n) is 6.71. The predicted molar refractivity (Wildman–Crippen MR) is 84.8 cm³/mol. The topological polar surface area (TPSA) is 86.0 Å². The van der Waals surface area contributed by atoms with E-state index in [0.717, 1.165) is 22.6 Å². The highest BCUT2D eigenvalue weighted by molar-refractivity contribution is 5.69. The third-order valence-corrected chi connectivity index (χ3v) is 3.33. The molecule has 0 aliphatic heterocycles. The molecule has 22 heavy (non-hydrogen) atoms. The van der Waals surface area contributed by atoms with E-state index in [0.29, 0.717) is 11.5 Å². The van der Waals surface area contributed by atoms with Gasteiger partial charge in [0.15, 0.2) is 11.5 Å². The molecule has 0 unspecified atom stereocenters. The lowest BCUT2D eigenvalue weighted by Gasteiger charge is -2.08. The summed E-state index contributed by atoms with van der Waals surface area (Å²) in [6.45, 7) is 0. The Morgan fingerprint density at radius 2 is 1.73 bits per heavy atom. The zero-order valence-electron chi connectivity index (χ0n) is 12.3. The van der Waals surface area contributed by atoms with Crippen LogP contribution in [0.3, 0.4) is 0 Å². The van der Waals surface area contributed by atoms with Crippen LogP contribution in [0.1, 0.15) is 0 Å². The predicted octanol–water partition coefficient (Wildman–Crippen LogP) is 2.74. The van der Waals surface area contributed by atoms with Crippen molar-refractivity contribution in [1.29, 1.82) is 0 Å². The van der Waals surface area contributed by atoms with Crippen LogP contribution in [0, 0.1) is 0 Å². The Balaban J connectivity index is 1.97. The van der Waals surface area contributed by atoms with Crippen molar-refractivity contribution < 1.29 is 9.47 Å². The van der Waals surface area contributed by atoms with Gasteiger partial charge in [-0.3, -0.25) is 0 Å². The first-order chi connectivity index (χ1) is 10.7. The first-order valence-corrected chi connectivity index (χ1v) is 6.71. The number of aromatic amines is 1. The van der Waals surface area contributed by atoms with Crippen molar-refractivity contribution >= 4 is 5.95 Å². The summed E-state index contributed by atoms with van der Waals surface area (Å²) in [4.78, 5) is 11.4. The molecule has 0 aliphatic carbocycles. The van der Waals surface area contributed by atoms with Gasteiger partial charge in [-0.15, -0.1) is 0 Å². The minimum absolute atomic E-state index is 0.250. The summed E-state index contributed by atoms with van der Waals surface area (Å²) in [6.07, 6.45) is 1.63. The number of nitrogen functional groups attached to an aromatic ring is 1. The van der Waals surface area contributed by atoms with E-state index < -0.39 is 0 Å². The molecule has 0 saturated heterocycles. The van der Waals surface area contributed by atoms with E-state index in [1.54, 1.807) is 26.5 Å². The van der Waals surface area contributed by atoms with Crippen LogP contribution in [0.4, 0.5) is 5.95 Å². The number of benzene rings is 1. The van der Waals surface area contributed by atoms with Gasteiger partial charge in [-0.25, -0.2) is 9.97 Å². The zero-order valence-corrected chi connectivity index (χ0v) is 12.3. The molecule has 0 bridgehead atoms. The van der Waals surface area contributed by atoms with Crippen LogP contribution in [-0.4, -0.2) is 29.2 Å². The van der Waals surface area contributed by atoms with Crippen LogP contribution in [0.25, 0.3) is 22.6 Å². The quantitative estimate of drug-likeness (QED) is 0.773. The Labute approximate surface area is 127 Å². The number of hydrogen-bond acceptors (Lipinski definition) is 5. The van der Waals surface area contributed by atoms with Crippen LogP contribution < -0.4 is 15.2 Å². The first kappa shape index (κ1) is 13.9. The number of ether oxygens (including phenoxy) is 2. The lowest BCUT2D eigenvalue weighted by Crippen LogP contribution is -1.95. The molecule has 1 aromatic carbocycles. The molecule has 0 fully saturated rings. The van der Waals surface area contributed by atoms with Gasteiger partial charge in [0.2, 0.25) is 5.95 Å². The van der Waals surface area contributed by atoms with E-state index in [-0.39, 0.29) is 5.95 Å². The van der Waals surface area contributed by atoms with Crippen LogP contribution in [-0.2, 0) is 0 Å². The molecule has 0 radical (unpaired) electrons. The van der Waals surface area contributed by atoms with E-state index in [9.17, 15) is 0 Å². The number of rotatable bonds is 4. The molecule has 6 heteroatoms. The number of methoxy groups -OCH3 is 2. The van der Waals surface area contributed by atoms with E-state index in [4.69, 9.17) is 15.2 Å². The molecule has 2 heterocycles. The molecule has 3 N–H and O–H groups in total. The summed E-state index contributed by atoms with van der Waals surface area (Å²) in [7, 11) is 3.23. The fourth-order valence-electron chi connectivity index (χ4n) is 2.24. The van der Waals surface area contributed by atoms with Crippen molar-refractivity contribution in [2.45, 2.75) is 0 Å². The highest BCUT2D eigenvalue weighted by Gasteiger charge is 2.09. The lowest BCUT2D eigenvalue weighted by molar-refractivity contribution is 0.355. The molecule has 0 amide bonds. The van der Waals surface area contributed by atoms with Gasteiger partial charge in [-0.2, -0.15) is 0 Å². The summed E-state index contributed by atoms with van der Waals surface area (Å²) in [5.74, 6) is 1.63. The van der Waals surface area contributed by atoms with E-state index in [2.05, 4.69) is 15.0 Å². The molecule has 0 aliphatic rings. The number of nitrogens with two attached hydrogens (primary N) is 1. The Morgan fingerprint density at radius 3 is 2.45 bits per heavy atom. The van der Waals surface area contributed by atoms with Crippen LogP contribution >= 0.6 is 0 Å². The smallest absolute Gasteiger partial charge is 0.220 e. The van der Waals surface area contributed by atoms with Crippen LogP contribution in [0.5, 0.6) is 11.5 Å². The number of nitrogens with zero attached hydrogens (tertiary/aromatic N) is 2. The minimum Gasteiger partial charge on any atom is -0.493 e. The second-order valence-electron chi connectivity index (χ2n) is 4.66. The minimum atomic E-state index is 0.250. The number of aromatic nitrogens is 3. The number of hydrogen-bond donors (Lipinski definition) is 2. The molecule has 2 aromatic heterocycles. The largest absolute Gasteiger partial charge is 0.493 e. The highest BCUT2D eigenvalue weighted by Crippen LogP contribution is 2.32. The Hall–Kier alpha value is -3.02. The molecule has 112 valence electrons. The second-order valence-corrected chi connectivity index (χ2v) is 4.66. The van der Waals surface area contributed by atoms with Crippen molar-refractivity contribution in [3.8, 4) is 34.1 Å². The van der Waals surface area contributed by atoms with Gasteiger partial charge in [0.25, 0.3) is 0 Å². The van der Waals surface area contributed by atoms with Gasteiger partial charge in [0.1, 0.15) is 0 Å². The second kappa shape index (κ2) is 5.77. The third kappa shape index (κ3) is 2.58. The SMILES string of the molecule is COc1ccc(-c2ccc(-c3ccnc(N)n3)[nH]2)cc1OC. The normalized spacial score (nSPS) is 10.5. The van der Waals surface area contributed by atoms with Crippen molar-refractivity contribution in [2.24, 2.45) is 0 Å². The summed E-state index contributed by atoms with van der Waals surface area (Å²) in [6, 6.07) is 11.5. The molecular weight excluding hydrogens is 280 g/mol. The van der Waals surface area contributed by atoms with Gasteiger partial charge >= 0.3 is 0 Å². The van der Waals surface area contributed by atoms with E-state index >= 15 is 0 Å². The Morgan fingerprint density at radius 1 is 0.955 bits per heavy atom. The highest BCUT2D eigenvalue weighted by atomic mass is 16.5.